The Morgan fingerprint density at radius 2 is 2.22 bits per heavy atom. The fourth-order valence-corrected chi connectivity index (χ4v) is 0.562. The van der Waals surface area contributed by atoms with Crippen molar-refractivity contribution in [1.29, 1.82) is 0 Å². The lowest BCUT2D eigenvalue weighted by atomic mass is 10.4. The number of nitrogens with one attached hydrogen (secondary N) is 1. The van der Waals surface area contributed by atoms with Gasteiger partial charge in [-0.2, -0.15) is 0 Å². The normalized spacial score (nSPS) is 10.7. The summed E-state index contributed by atoms with van der Waals surface area (Å²) in [6.45, 7) is 7.36. The van der Waals surface area contributed by atoms with Crippen molar-refractivity contribution in [2.45, 2.75) is 13.8 Å². The maximum absolute atomic E-state index is 4.80. The predicted molar refractivity (Wildman–Crippen MR) is 45.4 cm³/mol. The quantitative estimate of drug-likeness (QED) is 0.466. The Morgan fingerprint density at radius 3 is 2.33 bits per heavy atom. The van der Waals surface area contributed by atoms with Gasteiger partial charge in [0.1, 0.15) is 0 Å². The first-order valence-corrected chi connectivity index (χ1v) is 3.18. The molecule has 0 spiro atoms. The largest absolute Gasteiger partial charge is 0.351 e. The van der Waals surface area contributed by atoms with Gasteiger partial charge < -0.3 is 5.32 Å². The molecule has 0 fully saturated rings. The van der Waals surface area contributed by atoms with Gasteiger partial charge in [0.2, 0.25) is 0 Å². The van der Waals surface area contributed by atoms with Gasteiger partial charge in [-0.15, -0.1) is 0 Å². The lowest BCUT2D eigenvalue weighted by Crippen LogP contribution is -2.15. The molecular formula is C7H11NS. The van der Waals surface area contributed by atoms with Gasteiger partial charge in [-0.25, -0.2) is 0 Å². The number of allylic oxidation sites excluding steroid dienone is 2. The van der Waals surface area contributed by atoms with E-state index in [-0.39, 0.29) is 0 Å². The van der Waals surface area contributed by atoms with Crippen LogP contribution in [0.3, 0.4) is 0 Å². The molecule has 0 aliphatic carbocycles. The molecule has 0 aromatic carbocycles. The topological polar surface area (TPSA) is 12.0 Å². The molecule has 50 valence electrons. The third kappa shape index (κ3) is 3.91. The summed E-state index contributed by atoms with van der Waals surface area (Å²) in [5.74, 6) is 0. The number of hydrogen-bond donors (Lipinski definition) is 1. The molecule has 0 aliphatic rings. The summed E-state index contributed by atoms with van der Waals surface area (Å²) in [4.78, 5) is 0.767. The van der Waals surface area contributed by atoms with Crippen molar-refractivity contribution in [3.05, 3.63) is 24.4 Å². The van der Waals surface area contributed by atoms with E-state index in [0.717, 1.165) is 10.7 Å². The molecule has 0 saturated heterocycles. The molecule has 0 unspecified atom stereocenters. The highest BCUT2D eigenvalue weighted by Gasteiger charge is 1.86. The maximum Gasteiger partial charge on any atom is 0.0765 e. The molecule has 0 aromatic heterocycles. The van der Waals surface area contributed by atoms with E-state index in [1.165, 1.54) is 0 Å². The summed E-state index contributed by atoms with van der Waals surface area (Å²) in [6.07, 6.45) is 3.65. The summed E-state index contributed by atoms with van der Waals surface area (Å²) in [5.41, 5.74) is 0.961. The van der Waals surface area contributed by atoms with Gasteiger partial charge in [0.25, 0.3) is 0 Å². The maximum atomic E-state index is 4.80. The monoisotopic (exact) mass is 141 g/mol. The van der Waals surface area contributed by atoms with Gasteiger partial charge in [0.05, 0.1) is 4.99 Å². The van der Waals surface area contributed by atoms with E-state index in [9.17, 15) is 0 Å². The third-order valence-electron chi connectivity index (χ3n) is 0.851. The van der Waals surface area contributed by atoms with E-state index in [4.69, 9.17) is 12.2 Å². The van der Waals surface area contributed by atoms with Crippen molar-refractivity contribution in [2.24, 2.45) is 0 Å². The van der Waals surface area contributed by atoms with Crippen molar-refractivity contribution >= 4 is 17.2 Å². The highest BCUT2D eigenvalue weighted by molar-refractivity contribution is 7.80. The SMILES string of the molecule is C=C/C(=C\C)NC(C)=S. The molecule has 0 amide bonds. The summed E-state index contributed by atoms with van der Waals surface area (Å²) in [6, 6.07) is 0. The first kappa shape index (κ1) is 8.37. The molecule has 0 aromatic rings. The fraction of sp³-hybridized carbons (Fsp3) is 0.286. The highest BCUT2D eigenvalue weighted by Crippen LogP contribution is 1.88. The second-order valence-electron chi connectivity index (χ2n) is 1.63. The summed E-state index contributed by atoms with van der Waals surface area (Å²) < 4.78 is 0. The average Bonchev–Trinajstić information content (AvgIpc) is 1.82. The standard InChI is InChI=1S/C7H11NS/c1-4-7(5-2)8-6(3)9/h4-5H,1H2,2-3H3,(H,8,9)/b7-5+. The Labute approximate surface area is 61.5 Å². The first-order valence-electron chi connectivity index (χ1n) is 2.77. The van der Waals surface area contributed by atoms with Crippen molar-refractivity contribution in [3.8, 4) is 0 Å². The smallest absolute Gasteiger partial charge is 0.0765 e. The van der Waals surface area contributed by atoms with Crippen LogP contribution in [0.5, 0.6) is 0 Å². The van der Waals surface area contributed by atoms with Crippen LogP contribution in [-0.2, 0) is 0 Å². The van der Waals surface area contributed by atoms with Crippen LogP contribution in [0.2, 0.25) is 0 Å². The second kappa shape index (κ2) is 4.27. The van der Waals surface area contributed by atoms with E-state index >= 15 is 0 Å². The minimum Gasteiger partial charge on any atom is -0.351 e. The van der Waals surface area contributed by atoms with Crippen LogP contribution in [0.15, 0.2) is 24.4 Å². The zero-order valence-corrected chi connectivity index (χ0v) is 6.59. The average molecular weight is 141 g/mol. The minimum absolute atomic E-state index is 0.767. The summed E-state index contributed by atoms with van der Waals surface area (Å²) in [7, 11) is 0. The molecule has 0 atom stereocenters. The molecule has 0 bridgehead atoms. The van der Waals surface area contributed by atoms with Crippen LogP contribution in [0.1, 0.15) is 13.8 Å². The molecule has 9 heavy (non-hydrogen) atoms. The molecule has 1 N–H and O–H groups in total. The van der Waals surface area contributed by atoms with Crippen LogP contribution >= 0.6 is 12.2 Å². The number of thiocarbonyl (C=S) groups is 1. The van der Waals surface area contributed by atoms with Crippen molar-refractivity contribution in [3.63, 3.8) is 0 Å². The van der Waals surface area contributed by atoms with Crippen LogP contribution < -0.4 is 5.32 Å². The zero-order valence-electron chi connectivity index (χ0n) is 5.77. The van der Waals surface area contributed by atoms with Crippen molar-refractivity contribution in [1.82, 2.24) is 5.32 Å². The fourth-order valence-electron chi connectivity index (χ4n) is 0.444. The van der Waals surface area contributed by atoms with Crippen LogP contribution in [0, 0.1) is 0 Å². The number of rotatable bonds is 2. The Balaban J connectivity index is 3.86. The second-order valence-corrected chi connectivity index (χ2v) is 2.24. The van der Waals surface area contributed by atoms with Gasteiger partial charge >= 0.3 is 0 Å². The lowest BCUT2D eigenvalue weighted by Gasteiger charge is -2.01. The Bertz CT molecular complexity index is 147. The summed E-state index contributed by atoms with van der Waals surface area (Å²) >= 11 is 4.80. The molecule has 1 nitrogen and oxygen atoms in total. The molecule has 0 aliphatic heterocycles. The van der Waals surface area contributed by atoms with Gasteiger partial charge in [-0.3, -0.25) is 0 Å². The van der Waals surface area contributed by atoms with Crippen molar-refractivity contribution in [2.75, 3.05) is 0 Å². The molecule has 0 heterocycles. The lowest BCUT2D eigenvalue weighted by molar-refractivity contribution is 1.19. The van der Waals surface area contributed by atoms with E-state index in [1.807, 2.05) is 19.9 Å². The predicted octanol–water partition coefficient (Wildman–Crippen LogP) is 2.01. The third-order valence-corrected chi connectivity index (χ3v) is 0.953. The Kier molecular flexibility index (Phi) is 3.97. The Morgan fingerprint density at radius 1 is 1.67 bits per heavy atom. The van der Waals surface area contributed by atoms with E-state index in [2.05, 4.69) is 11.9 Å². The van der Waals surface area contributed by atoms with E-state index in [0.29, 0.717) is 0 Å². The number of hydrogen-bond acceptors (Lipinski definition) is 1. The molecule has 0 rings (SSSR count). The van der Waals surface area contributed by atoms with Gasteiger partial charge in [-0.1, -0.05) is 24.9 Å². The van der Waals surface area contributed by atoms with Crippen LogP contribution in [0.4, 0.5) is 0 Å². The first-order chi connectivity index (χ1) is 4.20. The van der Waals surface area contributed by atoms with Gasteiger partial charge in [0.15, 0.2) is 0 Å². The van der Waals surface area contributed by atoms with Gasteiger partial charge in [-0.05, 0) is 19.9 Å². The van der Waals surface area contributed by atoms with E-state index < -0.39 is 0 Å². The molecular weight excluding hydrogens is 130 g/mol. The van der Waals surface area contributed by atoms with Crippen LogP contribution in [0.25, 0.3) is 0 Å². The molecule has 0 radical (unpaired) electrons. The van der Waals surface area contributed by atoms with E-state index in [1.54, 1.807) is 6.08 Å². The highest BCUT2D eigenvalue weighted by atomic mass is 32.1. The zero-order chi connectivity index (χ0) is 7.28. The van der Waals surface area contributed by atoms with Crippen LogP contribution in [-0.4, -0.2) is 4.99 Å². The molecule has 2 heteroatoms. The molecule has 0 saturated carbocycles. The van der Waals surface area contributed by atoms with Crippen molar-refractivity contribution < 1.29 is 0 Å². The summed E-state index contributed by atoms with van der Waals surface area (Å²) in [5, 5.41) is 2.95. The Hall–Kier alpha value is -0.630. The van der Waals surface area contributed by atoms with Gasteiger partial charge in [0, 0.05) is 5.70 Å². The minimum atomic E-state index is 0.767.